The molecule has 0 aliphatic heterocycles. The normalized spacial score (nSPS) is 10.2. The van der Waals surface area contributed by atoms with Crippen LogP contribution in [0.1, 0.15) is 27.8 Å². The van der Waals surface area contributed by atoms with Crippen LogP contribution >= 0.6 is 11.3 Å². The minimum Gasteiger partial charge on any atom is -0.497 e. The van der Waals surface area contributed by atoms with Gasteiger partial charge < -0.3 is 20.1 Å². The number of hydrogen-bond acceptors (Lipinski definition) is 7. The number of hydrogen-bond donors (Lipinski definition) is 2. The SMILES string of the molecule is COc1ccc(Nc2nc(C(=O)Nc3ccc(C(C)=O)cc3)cs2)c(OC)c1. The molecule has 0 saturated heterocycles. The molecule has 0 aliphatic carbocycles. The fourth-order valence-corrected chi connectivity index (χ4v) is 3.14. The van der Waals surface area contributed by atoms with Gasteiger partial charge in [-0.1, -0.05) is 0 Å². The lowest BCUT2D eigenvalue weighted by Gasteiger charge is -2.10. The number of aromatic nitrogens is 1. The molecule has 144 valence electrons. The lowest BCUT2D eigenvalue weighted by molar-refractivity contribution is 0.101. The number of carbonyl (C=O) groups is 2. The number of thiazole rings is 1. The highest BCUT2D eigenvalue weighted by atomic mass is 32.1. The quantitative estimate of drug-likeness (QED) is 0.576. The zero-order valence-corrected chi connectivity index (χ0v) is 16.4. The van der Waals surface area contributed by atoms with Gasteiger partial charge in [0, 0.05) is 22.7 Å². The Balaban J connectivity index is 1.69. The summed E-state index contributed by atoms with van der Waals surface area (Å²) in [7, 11) is 3.15. The highest BCUT2D eigenvalue weighted by Gasteiger charge is 2.13. The summed E-state index contributed by atoms with van der Waals surface area (Å²) in [6, 6.07) is 12.1. The number of ether oxygens (including phenoxy) is 2. The topological polar surface area (TPSA) is 89.5 Å². The van der Waals surface area contributed by atoms with Crippen LogP contribution in [0.4, 0.5) is 16.5 Å². The number of anilines is 3. The van der Waals surface area contributed by atoms with E-state index in [9.17, 15) is 9.59 Å². The van der Waals surface area contributed by atoms with Gasteiger partial charge in [-0.2, -0.15) is 0 Å². The Kier molecular flexibility index (Phi) is 5.90. The van der Waals surface area contributed by atoms with Crippen LogP contribution in [0.25, 0.3) is 0 Å². The van der Waals surface area contributed by atoms with Crippen LogP contribution < -0.4 is 20.1 Å². The van der Waals surface area contributed by atoms with Crippen molar-refractivity contribution in [1.82, 2.24) is 4.98 Å². The summed E-state index contributed by atoms with van der Waals surface area (Å²) < 4.78 is 10.5. The third-order valence-electron chi connectivity index (χ3n) is 3.94. The van der Waals surface area contributed by atoms with Crippen molar-refractivity contribution in [3.05, 3.63) is 59.1 Å². The van der Waals surface area contributed by atoms with Crippen LogP contribution in [0.5, 0.6) is 11.5 Å². The second kappa shape index (κ2) is 8.53. The zero-order chi connectivity index (χ0) is 20.1. The minimum absolute atomic E-state index is 0.0259. The van der Waals surface area contributed by atoms with E-state index in [1.165, 1.54) is 18.3 Å². The van der Waals surface area contributed by atoms with Gasteiger partial charge in [0.1, 0.15) is 17.2 Å². The number of carbonyl (C=O) groups excluding carboxylic acids is 2. The molecule has 2 aromatic carbocycles. The van der Waals surface area contributed by atoms with Gasteiger partial charge in [-0.25, -0.2) is 4.98 Å². The number of benzene rings is 2. The van der Waals surface area contributed by atoms with Gasteiger partial charge in [0.05, 0.1) is 19.9 Å². The number of nitrogens with one attached hydrogen (secondary N) is 2. The molecule has 1 aromatic heterocycles. The summed E-state index contributed by atoms with van der Waals surface area (Å²) >= 11 is 1.30. The third-order valence-corrected chi connectivity index (χ3v) is 4.69. The van der Waals surface area contributed by atoms with E-state index < -0.39 is 0 Å². The molecular weight excluding hydrogens is 378 g/mol. The smallest absolute Gasteiger partial charge is 0.275 e. The van der Waals surface area contributed by atoms with E-state index in [1.807, 2.05) is 6.07 Å². The average molecular weight is 397 g/mol. The predicted molar refractivity (Wildman–Crippen MR) is 109 cm³/mol. The molecule has 0 spiro atoms. The second-order valence-electron chi connectivity index (χ2n) is 5.82. The molecule has 2 N–H and O–H groups in total. The molecule has 0 aliphatic rings. The van der Waals surface area contributed by atoms with Gasteiger partial charge in [0.2, 0.25) is 0 Å². The first-order chi connectivity index (χ1) is 13.5. The van der Waals surface area contributed by atoms with Crippen molar-refractivity contribution in [3.63, 3.8) is 0 Å². The molecule has 0 atom stereocenters. The Morgan fingerprint density at radius 2 is 1.79 bits per heavy atom. The van der Waals surface area contributed by atoms with Gasteiger partial charge in [0.15, 0.2) is 10.9 Å². The standard InChI is InChI=1S/C20H19N3O4S/c1-12(24)13-4-6-14(7-5-13)21-19(25)17-11-28-20(23-17)22-16-9-8-15(26-2)10-18(16)27-3/h4-11H,1-3H3,(H,21,25)(H,22,23). The Bertz CT molecular complexity index is 999. The van der Waals surface area contributed by atoms with Crippen molar-refractivity contribution < 1.29 is 19.1 Å². The first-order valence-electron chi connectivity index (χ1n) is 8.37. The molecule has 3 rings (SSSR count). The molecule has 0 unspecified atom stereocenters. The molecular formula is C20H19N3O4S. The van der Waals surface area contributed by atoms with Crippen LogP contribution in [0.2, 0.25) is 0 Å². The Morgan fingerprint density at radius 3 is 2.43 bits per heavy atom. The predicted octanol–water partition coefficient (Wildman–Crippen LogP) is 4.36. The van der Waals surface area contributed by atoms with E-state index in [4.69, 9.17) is 9.47 Å². The number of amides is 1. The highest BCUT2D eigenvalue weighted by molar-refractivity contribution is 7.14. The van der Waals surface area contributed by atoms with Crippen molar-refractivity contribution >= 4 is 39.5 Å². The fourth-order valence-electron chi connectivity index (χ4n) is 2.44. The maximum absolute atomic E-state index is 12.4. The third kappa shape index (κ3) is 4.47. The van der Waals surface area contributed by atoms with E-state index in [0.29, 0.717) is 33.6 Å². The molecule has 0 bridgehead atoms. The van der Waals surface area contributed by atoms with Gasteiger partial charge in [-0.3, -0.25) is 9.59 Å². The summed E-state index contributed by atoms with van der Waals surface area (Å²) in [6.07, 6.45) is 0. The molecule has 0 fully saturated rings. The Labute approximate surface area is 166 Å². The summed E-state index contributed by atoms with van der Waals surface area (Å²) in [4.78, 5) is 28.0. The van der Waals surface area contributed by atoms with Crippen LogP contribution in [-0.4, -0.2) is 30.9 Å². The number of nitrogens with zero attached hydrogens (tertiary/aromatic N) is 1. The molecule has 1 heterocycles. The zero-order valence-electron chi connectivity index (χ0n) is 15.6. The molecule has 0 saturated carbocycles. The van der Waals surface area contributed by atoms with Crippen molar-refractivity contribution in [3.8, 4) is 11.5 Å². The van der Waals surface area contributed by atoms with Crippen molar-refractivity contribution in [2.24, 2.45) is 0 Å². The lowest BCUT2D eigenvalue weighted by Crippen LogP contribution is -2.12. The molecule has 3 aromatic rings. The van der Waals surface area contributed by atoms with E-state index in [2.05, 4.69) is 15.6 Å². The molecule has 0 radical (unpaired) electrons. The summed E-state index contributed by atoms with van der Waals surface area (Å²) in [6.45, 7) is 1.50. The van der Waals surface area contributed by atoms with Crippen molar-refractivity contribution in [1.29, 1.82) is 0 Å². The van der Waals surface area contributed by atoms with Gasteiger partial charge in [0.25, 0.3) is 5.91 Å². The van der Waals surface area contributed by atoms with Crippen LogP contribution in [-0.2, 0) is 0 Å². The summed E-state index contributed by atoms with van der Waals surface area (Å²) in [5.74, 6) is 0.923. The second-order valence-corrected chi connectivity index (χ2v) is 6.67. The average Bonchev–Trinajstić information content (AvgIpc) is 3.17. The maximum Gasteiger partial charge on any atom is 0.275 e. The fraction of sp³-hybridized carbons (Fsp3) is 0.150. The summed E-state index contributed by atoms with van der Waals surface area (Å²) in [5.41, 5.74) is 2.18. The summed E-state index contributed by atoms with van der Waals surface area (Å²) in [5, 5.41) is 8.13. The molecule has 1 amide bonds. The molecule has 8 heteroatoms. The Hall–Kier alpha value is -3.39. The van der Waals surface area contributed by atoms with E-state index in [1.54, 1.807) is 56.0 Å². The van der Waals surface area contributed by atoms with Crippen LogP contribution in [0.15, 0.2) is 47.8 Å². The van der Waals surface area contributed by atoms with Crippen LogP contribution in [0.3, 0.4) is 0 Å². The van der Waals surface area contributed by atoms with Crippen molar-refractivity contribution in [2.75, 3.05) is 24.9 Å². The first-order valence-corrected chi connectivity index (χ1v) is 9.25. The van der Waals surface area contributed by atoms with E-state index in [-0.39, 0.29) is 17.4 Å². The number of Topliss-reactive ketones (excluding diaryl/α,β-unsaturated/α-hetero) is 1. The number of methoxy groups -OCH3 is 2. The number of ketones is 1. The van der Waals surface area contributed by atoms with E-state index in [0.717, 1.165) is 0 Å². The number of rotatable bonds is 7. The lowest BCUT2D eigenvalue weighted by atomic mass is 10.1. The largest absolute Gasteiger partial charge is 0.497 e. The molecule has 7 nitrogen and oxygen atoms in total. The highest BCUT2D eigenvalue weighted by Crippen LogP contribution is 2.32. The van der Waals surface area contributed by atoms with Gasteiger partial charge >= 0.3 is 0 Å². The Morgan fingerprint density at radius 1 is 1.04 bits per heavy atom. The van der Waals surface area contributed by atoms with E-state index >= 15 is 0 Å². The monoisotopic (exact) mass is 397 g/mol. The maximum atomic E-state index is 12.4. The van der Waals surface area contributed by atoms with Gasteiger partial charge in [-0.15, -0.1) is 11.3 Å². The van der Waals surface area contributed by atoms with Crippen LogP contribution in [0, 0.1) is 0 Å². The molecule has 28 heavy (non-hydrogen) atoms. The van der Waals surface area contributed by atoms with Crippen molar-refractivity contribution in [2.45, 2.75) is 6.92 Å². The van der Waals surface area contributed by atoms with Gasteiger partial charge in [-0.05, 0) is 43.3 Å². The first kappa shape index (κ1) is 19.4. The minimum atomic E-state index is -0.332.